The van der Waals surface area contributed by atoms with Crippen molar-refractivity contribution in [3.05, 3.63) is 29.8 Å². The van der Waals surface area contributed by atoms with E-state index in [9.17, 15) is 14.4 Å². The van der Waals surface area contributed by atoms with E-state index >= 15 is 0 Å². The Morgan fingerprint density at radius 3 is 2.84 bits per heavy atom. The van der Waals surface area contributed by atoms with Crippen LogP contribution in [0.1, 0.15) is 10.4 Å². The number of amides is 3. The van der Waals surface area contributed by atoms with Gasteiger partial charge in [-0.05, 0) is 18.2 Å². The van der Waals surface area contributed by atoms with E-state index in [0.29, 0.717) is 18.8 Å². The van der Waals surface area contributed by atoms with E-state index in [1.54, 1.807) is 12.1 Å². The molecule has 0 saturated carbocycles. The fraction of sp³-hybridized carbons (Fsp3) is 0.250. The molecule has 7 nitrogen and oxygen atoms in total. The van der Waals surface area contributed by atoms with Gasteiger partial charge in [0.25, 0.3) is 0 Å². The highest BCUT2D eigenvalue weighted by Crippen LogP contribution is 2.11. The predicted molar refractivity (Wildman–Crippen MR) is 67.0 cm³/mol. The van der Waals surface area contributed by atoms with E-state index in [0.717, 1.165) is 0 Å². The number of urea groups is 1. The Morgan fingerprint density at radius 2 is 2.16 bits per heavy atom. The summed E-state index contributed by atoms with van der Waals surface area (Å²) in [6.45, 7) is 0.849. The number of hydrogen-bond acceptors (Lipinski definition) is 3. The standard InChI is InChI=1S/C12H13N3O4/c16-10-7-15(5-4-13-10)12(19)14-9-3-1-2-8(6-9)11(17)18/h1-3,6H,4-5,7H2,(H,13,16)(H,14,19)(H,17,18). The average molecular weight is 263 g/mol. The molecule has 1 aliphatic rings. The van der Waals surface area contributed by atoms with E-state index in [2.05, 4.69) is 10.6 Å². The van der Waals surface area contributed by atoms with Crippen molar-refractivity contribution in [2.45, 2.75) is 0 Å². The topological polar surface area (TPSA) is 98.7 Å². The quantitative estimate of drug-likeness (QED) is 0.717. The number of piperazine rings is 1. The highest BCUT2D eigenvalue weighted by Gasteiger charge is 2.21. The molecule has 1 saturated heterocycles. The minimum Gasteiger partial charge on any atom is -0.478 e. The van der Waals surface area contributed by atoms with Crippen LogP contribution in [0.4, 0.5) is 10.5 Å². The Bertz CT molecular complexity index is 529. The van der Waals surface area contributed by atoms with Crippen LogP contribution < -0.4 is 10.6 Å². The maximum Gasteiger partial charge on any atom is 0.335 e. The number of rotatable bonds is 2. The first kappa shape index (κ1) is 12.9. The molecule has 3 amide bonds. The Morgan fingerprint density at radius 1 is 1.37 bits per heavy atom. The molecule has 1 fully saturated rings. The summed E-state index contributed by atoms with van der Waals surface area (Å²) in [7, 11) is 0. The van der Waals surface area contributed by atoms with E-state index < -0.39 is 12.0 Å². The summed E-state index contributed by atoms with van der Waals surface area (Å²) in [4.78, 5) is 35.2. The molecule has 0 radical (unpaired) electrons. The van der Waals surface area contributed by atoms with Crippen LogP contribution in [0.3, 0.4) is 0 Å². The van der Waals surface area contributed by atoms with Gasteiger partial charge in [0.2, 0.25) is 5.91 Å². The third kappa shape index (κ3) is 3.21. The zero-order chi connectivity index (χ0) is 13.8. The van der Waals surface area contributed by atoms with Crippen LogP contribution in [-0.4, -0.2) is 47.5 Å². The maximum absolute atomic E-state index is 11.9. The van der Waals surface area contributed by atoms with Crippen molar-refractivity contribution >= 4 is 23.6 Å². The molecule has 1 aromatic carbocycles. The zero-order valence-corrected chi connectivity index (χ0v) is 10.0. The molecule has 1 aliphatic heterocycles. The molecule has 0 unspecified atom stereocenters. The van der Waals surface area contributed by atoms with Crippen molar-refractivity contribution in [1.82, 2.24) is 10.2 Å². The lowest BCUT2D eigenvalue weighted by Crippen LogP contribution is -2.51. The van der Waals surface area contributed by atoms with Gasteiger partial charge < -0.3 is 20.6 Å². The molecule has 0 bridgehead atoms. The van der Waals surface area contributed by atoms with Gasteiger partial charge in [-0.2, -0.15) is 0 Å². The summed E-state index contributed by atoms with van der Waals surface area (Å²) in [5.41, 5.74) is 0.477. The number of carbonyl (C=O) groups is 3. The van der Waals surface area contributed by atoms with Crippen LogP contribution in [0.5, 0.6) is 0 Å². The first-order valence-electron chi connectivity index (χ1n) is 5.72. The summed E-state index contributed by atoms with van der Waals surface area (Å²) in [5.74, 6) is -1.27. The smallest absolute Gasteiger partial charge is 0.335 e. The maximum atomic E-state index is 11.9. The van der Waals surface area contributed by atoms with Gasteiger partial charge in [0.05, 0.1) is 5.56 Å². The number of hydrogen-bond donors (Lipinski definition) is 3. The molecular formula is C12H13N3O4. The van der Waals surface area contributed by atoms with Crippen LogP contribution in [0, 0.1) is 0 Å². The lowest BCUT2D eigenvalue weighted by molar-refractivity contribution is -0.123. The molecule has 19 heavy (non-hydrogen) atoms. The summed E-state index contributed by atoms with van der Waals surface area (Å²) in [6.07, 6.45) is 0. The van der Waals surface area contributed by atoms with Gasteiger partial charge in [-0.1, -0.05) is 6.07 Å². The lowest BCUT2D eigenvalue weighted by atomic mass is 10.2. The summed E-state index contributed by atoms with van der Waals surface area (Å²) < 4.78 is 0. The number of aromatic carboxylic acids is 1. The van der Waals surface area contributed by atoms with Gasteiger partial charge >= 0.3 is 12.0 Å². The number of carboxylic acids is 1. The van der Waals surface area contributed by atoms with Crippen LogP contribution in [0.2, 0.25) is 0 Å². The average Bonchev–Trinajstić information content (AvgIpc) is 2.39. The first-order valence-corrected chi connectivity index (χ1v) is 5.72. The molecule has 7 heteroatoms. The van der Waals surface area contributed by atoms with E-state index in [1.807, 2.05) is 0 Å². The second kappa shape index (κ2) is 5.38. The number of nitrogens with one attached hydrogen (secondary N) is 2. The number of carbonyl (C=O) groups excluding carboxylic acids is 2. The molecule has 0 aromatic heterocycles. The first-order chi connectivity index (χ1) is 9.06. The second-order valence-corrected chi connectivity index (χ2v) is 4.09. The molecule has 100 valence electrons. The Labute approximate surface area is 109 Å². The highest BCUT2D eigenvalue weighted by molar-refractivity contribution is 5.95. The number of benzene rings is 1. The van der Waals surface area contributed by atoms with Crippen molar-refractivity contribution < 1.29 is 19.5 Å². The van der Waals surface area contributed by atoms with Crippen LogP contribution in [0.15, 0.2) is 24.3 Å². The van der Waals surface area contributed by atoms with Gasteiger partial charge in [0.15, 0.2) is 0 Å². The van der Waals surface area contributed by atoms with Crippen molar-refractivity contribution in [3.8, 4) is 0 Å². The number of carboxylic acid groups (broad SMARTS) is 1. The van der Waals surface area contributed by atoms with Gasteiger partial charge in [-0.25, -0.2) is 9.59 Å². The molecule has 3 N–H and O–H groups in total. The Balaban J connectivity index is 2.04. The second-order valence-electron chi connectivity index (χ2n) is 4.09. The van der Waals surface area contributed by atoms with Crippen LogP contribution in [0.25, 0.3) is 0 Å². The summed E-state index contributed by atoms with van der Waals surface area (Å²) in [5, 5.41) is 14.0. The minimum atomic E-state index is -1.06. The normalized spacial score (nSPS) is 14.7. The number of nitrogens with zero attached hydrogens (tertiary/aromatic N) is 1. The Hall–Kier alpha value is -2.57. The van der Waals surface area contributed by atoms with Crippen molar-refractivity contribution in [2.75, 3.05) is 25.0 Å². The molecule has 1 aromatic rings. The fourth-order valence-corrected chi connectivity index (χ4v) is 1.74. The third-order valence-electron chi connectivity index (χ3n) is 2.69. The Kier molecular flexibility index (Phi) is 3.65. The molecule has 2 rings (SSSR count). The van der Waals surface area contributed by atoms with Crippen molar-refractivity contribution in [3.63, 3.8) is 0 Å². The summed E-state index contributed by atoms with van der Waals surface area (Å²) >= 11 is 0. The van der Waals surface area contributed by atoms with Gasteiger partial charge in [-0.3, -0.25) is 4.79 Å². The van der Waals surface area contributed by atoms with Crippen molar-refractivity contribution in [1.29, 1.82) is 0 Å². The number of anilines is 1. The lowest BCUT2D eigenvalue weighted by Gasteiger charge is -2.26. The molecule has 0 atom stereocenters. The molecular weight excluding hydrogens is 250 g/mol. The van der Waals surface area contributed by atoms with Crippen LogP contribution >= 0.6 is 0 Å². The predicted octanol–water partition coefficient (Wildman–Crippen LogP) is 0.349. The third-order valence-corrected chi connectivity index (χ3v) is 2.69. The van der Waals surface area contributed by atoms with Gasteiger partial charge in [0, 0.05) is 18.8 Å². The summed E-state index contributed by atoms with van der Waals surface area (Å²) in [6, 6.07) is 5.52. The van der Waals surface area contributed by atoms with Gasteiger partial charge in [0.1, 0.15) is 6.54 Å². The van der Waals surface area contributed by atoms with Crippen molar-refractivity contribution in [2.24, 2.45) is 0 Å². The van der Waals surface area contributed by atoms with E-state index in [4.69, 9.17) is 5.11 Å². The largest absolute Gasteiger partial charge is 0.478 e. The monoisotopic (exact) mass is 263 g/mol. The molecule has 1 heterocycles. The zero-order valence-electron chi connectivity index (χ0n) is 10.0. The van der Waals surface area contributed by atoms with E-state index in [1.165, 1.54) is 17.0 Å². The highest BCUT2D eigenvalue weighted by atomic mass is 16.4. The molecule has 0 spiro atoms. The van der Waals surface area contributed by atoms with E-state index in [-0.39, 0.29) is 18.0 Å². The SMILES string of the molecule is O=C1CN(C(=O)Nc2cccc(C(=O)O)c2)CCN1. The molecule has 0 aliphatic carbocycles. The van der Waals surface area contributed by atoms with Gasteiger partial charge in [-0.15, -0.1) is 0 Å². The minimum absolute atomic E-state index is 0.00442. The van der Waals surface area contributed by atoms with Crippen LogP contribution in [-0.2, 0) is 4.79 Å². The fourth-order valence-electron chi connectivity index (χ4n) is 1.74.